The Morgan fingerprint density at radius 2 is 1.83 bits per heavy atom. The largest absolute Gasteiger partial charge is 0.480 e. The highest BCUT2D eigenvalue weighted by molar-refractivity contribution is 7.20. The van der Waals surface area contributed by atoms with Gasteiger partial charge in [-0.3, -0.25) is 9.36 Å². The molecule has 0 fully saturated rings. The second kappa shape index (κ2) is 7.25. The molecule has 3 aromatic rings. The van der Waals surface area contributed by atoms with Gasteiger partial charge in [-0.2, -0.15) is 0 Å². The van der Waals surface area contributed by atoms with Gasteiger partial charge < -0.3 is 5.11 Å². The lowest BCUT2D eigenvalue weighted by molar-refractivity contribution is -0.146. The smallest absolute Gasteiger partial charge is 0.333 e. The van der Waals surface area contributed by atoms with Gasteiger partial charge >= 0.3 is 11.7 Å². The average Bonchev–Trinajstić information content (AvgIpc) is 2.98. The van der Waals surface area contributed by atoms with Crippen molar-refractivity contribution >= 4 is 33.1 Å². The Hall–Kier alpha value is -3.19. The van der Waals surface area contributed by atoms with E-state index in [4.69, 9.17) is 0 Å². The van der Waals surface area contributed by atoms with E-state index in [1.165, 1.54) is 25.2 Å². The number of rotatable bonds is 6. The SMILES string of the molecule is Cc1c(C2=CC=C2)sc2c1c(=O)n(C(C)(C)C(=O)O)c(=O)n2CCc1ccccc1. The minimum absolute atomic E-state index is 0.351. The molecule has 4 rings (SSSR count). The third-order valence-corrected chi connectivity index (χ3v) is 6.94. The number of aryl methyl sites for hydroxylation is 3. The van der Waals surface area contributed by atoms with Gasteiger partial charge in [0, 0.05) is 11.4 Å². The lowest BCUT2D eigenvalue weighted by Crippen LogP contribution is -2.52. The Kier molecular flexibility index (Phi) is 4.86. The first-order chi connectivity index (χ1) is 14.2. The van der Waals surface area contributed by atoms with Crippen molar-refractivity contribution in [3.63, 3.8) is 0 Å². The molecule has 2 aromatic heterocycles. The summed E-state index contributed by atoms with van der Waals surface area (Å²) in [6, 6.07) is 9.76. The van der Waals surface area contributed by atoms with E-state index in [1.54, 1.807) is 4.57 Å². The van der Waals surface area contributed by atoms with Gasteiger partial charge in [-0.1, -0.05) is 48.6 Å². The highest BCUT2D eigenvalue weighted by Gasteiger charge is 2.35. The molecule has 7 heteroatoms. The van der Waals surface area contributed by atoms with Gasteiger partial charge in [0.05, 0.1) is 5.39 Å². The molecule has 2 heterocycles. The first-order valence-electron chi connectivity index (χ1n) is 9.69. The number of fused-ring (bicyclic) bond motifs is 1. The first kappa shape index (κ1) is 20.1. The number of hydrogen-bond acceptors (Lipinski definition) is 4. The van der Waals surface area contributed by atoms with E-state index >= 15 is 0 Å². The molecule has 0 amide bonds. The predicted octanol–water partition coefficient (Wildman–Crippen LogP) is 3.55. The van der Waals surface area contributed by atoms with Crippen LogP contribution >= 0.6 is 11.3 Å². The maximum Gasteiger partial charge on any atom is 0.333 e. The number of benzene rings is 1. The number of nitrogens with zero attached hydrogens (tertiary/aromatic N) is 2. The molecule has 0 saturated carbocycles. The van der Waals surface area contributed by atoms with Crippen molar-refractivity contribution in [1.29, 1.82) is 0 Å². The summed E-state index contributed by atoms with van der Waals surface area (Å²) in [6.45, 7) is 4.97. The van der Waals surface area contributed by atoms with Gasteiger partial charge in [0.1, 0.15) is 10.4 Å². The van der Waals surface area contributed by atoms with E-state index in [1.807, 2.05) is 55.5 Å². The Balaban J connectivity index is 1.99. The Morgan fingerprint density at radius 3 is 2.40 bits per heavy atom. The molecule has 0 bridgehead atoms. The van der Waals surface area contributed by atoms with Crippen LogP contribution in [0, 0.1) is 6.92 Å². The maximum atomic E-state index is 13.4. The van der Waals surface area contributed by atoms with Crippen molar-refractivity contribution in [3.8, 4) is 0 Å². The Morgan fingerprint density at radius 1 is 1.17 bits per heavy atom. The van der Waals surface area contributed by atoms with Crippen molar-refractivity contribution in [2.24, 2.45) is 0 Å². The number of carboxylic acid groups (broad SMARTS) is 1. The zero-order valence-electron chi connectivity index (χ0n) is 17.0. The summed E-state index contributed by atoms with van der Waals surface area (Å²) in [5.41, 5.74) is 0.0364. The molecular weight excluding hydrogens is 400 g/mol. The van der Waals surface area contributed by atoms with Crippen LogP contribution in [0.15, 0.2) is 58.1 Å². The lowest BCUT2D eigenvalue weighted by Gasteiger charge is -2.23. The van der Waals surface area contributed by atoms with Gasteiger partial charge in [0.25, 0.3) is 5.56 Å². The fraction of sp³-hybridized carbons (Fsp3) is 0.261. The molecule has 1 aliphatic rings. The van der Waals surface area contributed by atoms with Crippen molar-refractivity contribution in [1.82, 2.24) is 9.13 Å². The molecule has 0 spiro atoms. The molecule has 0 atom stereocenters. The van der Waals surface area contributed by atoms with Crippen LogP contribution in [0.4, 0.5) is 0 Å². The highest BCUT2D eigenvalue weighted by Crippen LogP contribution is 2.36. The molecule has 0 saturated heterocycles. The van der Waals surface area contributed by atoms with Crippen molar-refractivity contribution in [2.75, 3.05) is 0 Å². The monoisotopic (exact) mass is 422 g/mol. The van der Waals surface area contributed by atoms with Crippen LogP contribution in [0.3, 0.4) is 0 Å². The molecule has 0 radical (unpaired) electrons. The zero-order valence-corrected chi connectivity index (χ0v) is 17.8. The highest BCUT2D eigenvalue weighted by atomic mass is 32.1. The number of allylic oxidation sites excluding steroid dienone is 4. The molecule has 6 nitrogen and oxygen atoms in total. The Labute approximate surface area is 177 Å². The fourth-order valence-electron chi connectivity index (χ4n) is 3.64. The molecule has 1 N–H and O–H groups in total. The topological polar surface area (TPSA) is 81.3 Å². The van der Waals surface area contributed by atoms with Gasteiger partial charge in [0.15, 0.2) is 0 Å². The molecule has 0 unspecified atom stereocenters. The molecule has 0 aliphatic heterocycles. The van der Waals surface area contributed by atoms with Gasteiger partial charge in [0.2, 0.25) is 0 Å². The zero-order chi connectivity index (χ0) is 21.6. The number of carbonyl (C=O) groups is 1. The second-order valence-electron chi connectivity index (χ2n) is 7.89. The van der Waals surface area contributed by atoms with E-state index in [9.17, 15) is 19.5 Å². The van der Waals surface area contributed by atoms with Crippen LogP contribution < -0.4 is 11.2 Å². The number of carboxylic acids is 1. The number of aromatic nitrogens is 2. The Bertz CT molecular complexity index is 1340. The van der Waals surface area contributed by atoms with Crippen LogP contribution in [-0.2, 0) is 23.3 Å². The van der Waals surface area contributed by atoms with Gasteiger partial charge in [-0.05, 0) is 43.9 Å². The molecule has 154 valence electrons. The van der Waals surface area contributed by atoms with Crippen molar-refractivity contribution in [2.45, 2.75) is 39.3 Å². The number of thiophene rings is 1. The quantitative estimate of drug-likeness (QED) is 0.659. The van der Waals surface area contributed by atoms with Crippen LogP contribution in [-0.4, -0.2) is 20.2 Å². The second-order valence-corrected chi connectivity index (χ2v) is 8.89. The van der Waals surface area contributed by atoms with Crippen molar-refractivity contribution in [3.05, 3.63) is 85.4 Å². The minimum Gasteiger partial charge on any atom is -0.480 e. The van der Waals surface area contributed by atoms with Gasteiger partial charge in [-0.25, -0.2) is 14.2 Å². The molecule has 1 aliphatic carbocycles. The summed E-state index contributed by atoms with van der Waals surface area (Å²) in [5.74, 6) is -1.23. The van der Waals surface area contributed by atoms with Crippen LogP contribution in [0.25, 0.3) is 15.8 Å². The van der Waals surface area contributed by atoms with Crippen molar-refractivity contribution < 1.29 is 9.90 Å². The van der Waals surface area contributed by atoms with Crippen LogP contribution in [0.2, 0.25) is 0 Å². The van der Waals surface area contributed by atoms with Crippen LogP contribution in [0.5, 0.6) is 0 Å². The predicted molar refractivity (Wildman–Crippen MR) is 119 cm³/mol. The number of aliphatic carboxylic acids is 1. The maximum absolute atomic E-state index is 13.4. The first-order valence-corrected chi connectivity index (χ1v) is 10.5. The van der Waals surface area contributed by atoms with Gasteiger partial charge in [-0.15, -0.1) is 11.3 Å². The minimum atomic E-state index is -1.67. The summed E-state index contributed by atoms with van der Waals surface area (Å²) in [4.78, 5) is 40.1. The van der Waals surface area contributed by atoms with E-state index in [-0.39, 0.29) is 0 Å². The number of hydrogen-bond donors (Lipinski definition) is 1. The summed E-state index contributed by atoms with van der Waals surface area (Å²) < 4.78 is 2.44. The summed E-state index contributed by atoms with van der Waals surface area (Å²) in [6.07, 6.45) is 6.44. The normalized spacial score (nSPS) is 13.4. The standard InChI is InChI=1S/C23H22N2O4S/c1-14-17-19(26)25(23(2,3)21(27)28)22(29)24(13-12-15-8-5-4-6-9-15)20(17)30-18(14)16-10-7-11-16/h4-11H,12-13H2,1-3H3,(H,27,28). The van der Waals surface area contributed by atoms with E-state index in [2.05, 4.69) is 0 Å². The summed E-state index contributed by atoms with van der Waals surface area (Å²) >= 11 is 1.41. The van der Waals surface area contributed by atoms with E-state index in [0.29, 0.717) is 23.2 Å². The van der Waals surface area contributed by atoms with E-state index < -0.39 is 22.8 Å². The van der Waals surface area contributed by atoms with Crippen LogP contribution in [0.1, 0.15) is 29.9 Å². The average molecular weight is 423 g/mol. The fourth-order valence-corrected chi connectivity index (χ4v) is 4.96. The van der Waals surface area contributed by atoms with E-state index in [0.717, 1.165) is 26.1 Å². The molecule has 30 heavy (non-hydrogen) atoms. The summed E-state index contributed by atoms with van der Waals surface area (Å²) in [7, 11) is 0. The lowest BCUT2D eigenvalue weighted by atomic mass is 10.0. The molecule has 1 aromatic carbocycles. The molecular formula is C23H22N2O4S. The summed E-state index contributed by atoms with van der Waals surface area (Å²) in [5, 5.41) is 10.1. The third-order valence-electron chi connectivity index (χ3n) is 5.58. The third kappa shape index (κ3) is 3.06.